The molecule has 2 rings (SSSR count). The summed E-state index contributed by atoms with van der Waals surface area (Å²) in [6.45, 7) is 17.8. The smallest absolute Gasteiger partial charge is 0.0120 e. The molecule has 0 bridgehead atoms. The average molecular weight is 384 g/mol. The molecule has 0 aliphatic heterocycles. The number of anilines is 2. The van der Waals surface area contributed by atoms with E-state index >= 15 is 0 Å². The van der Waals surface area contributed by atoms with Crippen LogP contribution in [-0.2, 0) is 17.1 Å². The molecule has 0 fully saturated rings. The van der Waals surface area contributed by atoms with E-state index in [0.29, 0.717) is 24.2 Å². The van der Waals surface area contributed by atoms with Gasteiger partial charge in [0.1, 0.15) is 0 Å². The molecule has 0 aliphatic rings. The Kier molecular flexibility index (Phi) is 10.9. The predicted molar refractivity (Wildman–Crippen MR) is 110 cm³/mol. The van der Waals surface area contributed by atoms with E-state index in [1.54, 1.807) is 0 Å². The van der Waals surface area contributed by atoms with E-state index in [2.05, 4.69) is 114 Å². The SMILES string of the molecule is CC(C)N([c-]1[cH-][cH-][cH-][cH-]1)C(C)C.CC(C)N([c-]1cccc1)C(C)C.[Fe]. The van der Waals surface area contributed by atoms with Crippen molar-refractivity contribution in [1.82, 2.24) is 0 Å². The summed E-state index contributed by atoms with van der Waals surface area (Å²) in [7, 11) is 0. The molecule has 0 atom stereocenters. The second kappa shape index (κ2) is 11.4. The van der Waals surface area contributed by atoms with E-state index in [1.807, 2.05) is 0 Å². The molecule has 0 amide bonds. The Morgan fingerprint density at radius 2 is 1.00 bits per heavy atom. The van der Waals surface area contributed by atoms with Crippen molar-refractivity contribution in [3.05, 3.63) is 48.5 Å². The molecule has 0 radical (unpaired) electrons. The fourth-order valence-electron chi connectivity index (χ4n) is 3.46. The molecule has 0 saturated carbocycles. The van der Waals surface area contributed by atoms with Crippen LogP contribution >= 0.6 is 0 Å². The third-order valence-corrected chi connectivity index (χ3v) is 4.11. The summed E-state index contributed by atoms with van der Waals surface area (Å²) in [5, 5.41) is 0. The number of nitrogens with zero attached hydrogens (tertiary/aromatic N) is 2. The normalized spacial score (nSPS) is 10.7. The zero-order valence-corrected chi connectivity index (χ0v) is 18.3. The van der Waals surface area contributed by atoms with E-state index in [9.17, 15) is 0 Å². The maximum atomic E-state index is 2.42. The monoisotopic (exact) mass is 384 g/mol. The van der Waals surface area contributed by atoms with Gasteiger partial charge in [0.05, 0.1) is 0 Å². The summed E-state index contributed by atoms with van der Waals surface area (Å²) in [5.41, 5.74) is 2.67. The van der Waals surface area contributed by atoms with Crippen LogP contribution in [-0.4, -0.2) is 24.2 Å². The molecule has 0 heterocycles. The third kappa shape index (κ3) is 7.30. The Hall–Kier alpha value is -1.18. The van der Waals surface area contributed by atoms with Gasteiger partial charge in [-0.2, -0.15) is 12.1 Å². The summed E-state index contributed by atoms with van der Waals surface area (Å²) >= 11 is 0. The first kappa shape index (κ1) is 23.8. The summed E-state index contributed by atoms with van der Waals surface area (Å²) in [6.07, 6.45) is 0. The second-order valence-electron chi connectivity index (χ2n) is 7.48. The van der Waals surface area contributed by atoms with Crippen LogP contribution in [0.1, 0.15) is 55.4 Å². The van der Waals surface area contributed by atoms with Gasteiger partial charge in [-0.25, -0.2) is 12.1 Å². The Morgan fingerprint density at radius 3 is 1.32 bits per heavy atom. The van der Waals surface area contributed by atoms with Crippen LogP contribution in [0.25, 0.3) is 0 Å². The summed E-state index contributed by atoms with van der Waals surface area (Å²) in [4.78, 5) is 4.83. The number of hydrogen-bond acceptors (Lipinski definition) is 2. The van der Waals surface area contributed by atoms with Crippen LogP contribution in [0.2, 0.25) is 0 Å². The standard InChI is InChI=1S/2C11H18N.Fe/c2*1-9(2)12(10(3)4)11-7-5-6-8-11;/h2*5-10H,1-4H3;/q-5;-1;. The van der Waals surface area contributed by atoms with Crippen LogP contribution in [0.4, 0.5) is 11.4 Å². The molecular weight excluding hydrogens is 348 g/mol. The fourth-order valence-corrected chi connectivity index (χ4v) is 3.46. The number of hydrogen-bond donors (Lipinski definition) is 0. The van der Waals surface area contributed by atoms with Crippen molar-refractivity contribution in [3.8, 4) is 0 Å². The summed E-state index contributed by atoms with van der Waals surface area (Å²) < 4.78 is 0. The second-order valence-corrected chi connectivity index (χ2v) is 7.48. The van der Waals surface area contributed by atoms with E-state index in [-0.39, 0.29) is 17.1 Å². The molecule has 0 N–H and O–H groups in total. The van der Waals surface area contributed by atoms with Gasteiger partial charge in [-0.15, -0.1) is 0 Å². The van der Waals surface area contributed by atoms with Gasteiger partial charge in [0.25, 0.3) is 0 Å². The predicted octanol–water partition coefficient (Wildman–Crippen LogP) is 6.05. The van der Waals surface area contributed by atoms with Gasteiger partial charge in [0, 0.05) is 29.2 Å². The van der Waals surface area contributed by atoms with Crippen LogP contribution in [0, 0.1) is 0 Å². The number of rotatable bonds is 6. The quantitative estimate of drug-likeness (QED) is 0.442. The van der Waals surface area contributed by atoms with Gasteiger partial charge in [-0.05, 0) is 67.5 Å². The largest absolute Gasteiger partial charge is 0.746 e. The minimum Gasteiger partial charge on any atom is -0.746 e. The Labute approximate surface area is 166 Å². The molecule has 0 spiro atoms. The van der Waals surface area contributed by atoms with Crippen LogP contribution < -0.4 is 9.80 Å². The van der Waals surface area contributed by atoms with Gasteiger partial charge < -0.3 is 39.8 Å². The Bertz CT molecular complexity index is 458. The zero-order chi connectivity index (χ0) is 18.3. The van der Waals surface area contributed by atoms with E-state index < -0.39 is 0 Å². The van der Waals surface area contributed by atoms with Gasteiger partial charge in [0.2, 0.25) is 0 Å². The Morgan fingerprint density at radius 1 is 0.640 bits per heavy atom. The van der Waals surface area contributed by atoms with Crippen molar-refractivity contribution < 1.29 is 17.1 Å². The molecule has 0 aliphatic carbocycles. The molecule has 0 unspecified atom stereocenters. The molecule has 2 aromatic carbocycles. The minimum absolute atomic E-state index is 0. The molecular formula is C22H36FeN2-6. The van der Waals surface area contributed by atoms with Crippen LogP contribution in [0.3, 0.4) is 0 Å². The molecule has 148 valence electrons. The minimum atomic E-state index is 0. The van der Waals surface area contributed by atoms with Crippen molar-refractivity contribution >= 4 is 11.4 Å². The van der Waals surface area contributed by atoms with Crippen molar-refractivity contribution in [2.75, 3.05) is 9.80 Å². The molecule has 25 heavy (non-hydrogen) atoms. The van der Waals surface area contributed by atoms with Gasteiger partial charge in [0.15, 0.2) is 0 Å². The van der Waals surface area contributed by atoms with Crippen molar-refractivity contribution in [1.29, 1.82) is 0 Å². The van der Waals surface area contributed by atoms with Gasteiger partial charge in [-0.3, -0.25) is 0 Å². The Balaban J connectivity index is 0.000000443. The average Bonchev–Trinajstić information content (AvgIpc) is 3.11. The molecule has 2 aromatic rings. The first-order valence-corrected chi connectivity index (χ1v) is 9.25. The molecule has 3 heteroatoms. The van der Waals surface area contributed by atoms with Crippen molar-refractivity contribution in [3.63, 3.8) is 0 Å². The van der Waals surface area contributed by atoms with E-state index in [0.717, 1.165) is 0 Å². The van der Waals surface area contributed by atoms with Gasteiger partial charge >= 0.3 is 0 Å². The molecule has 0 aromatic heterocycles. The van der Waals surface area contributed by atoms with E-state index in [1.165, 1.54) is 11.4 Å². The summed E-state index contributed by atoms with van der Waals surface area (Å²) in [5.74, 6) is 0. The maximum absolute atomic E-state index is 2.42. The zero-order valence-electron chi connectivity index (χ0n) is 17.2. The maximum Gasteiger partial charge on any atom is 0.0120 e. The van der Waals surface area contributed by atoms with Crippen LogP contribution in [0.5, 0.6) is 0 Å². The third-order valence-electron chi connectivity index (χ3n) is 4.11. The molecule has 0 saturated heterocycles. The topological polar surface area (TPSA) is 6.48 Å². The summed E-state index contributed by atoms with van der Waals surface area (Å²) in [6, 6.07) is 19.3. The van der Waals surface area contributed by atoms with Gasteiger partial charge in [-0.1, -0.05) is 5.69 Å². The molecule has 2 nitrogen and oxygen atoms in total. The van der Waals surface area contributed by atoms with Crippen molar-refractivity contribution in [2.24, 2.45) is 0 Å². The first-order chi connectivity index (χ1) is 11.3. The van der Waals surface area contributed by atoms with Crippen molar-refractivity contribution in [2.45, 2.75) is 79.6 Å². The van der Waals surface area contributed by atoms with Crippen LogP contribution in [0.15, 0.2) is 48.5 Å². The van der Waals surface area contributed by atoms with E-state index in [4.69, 9.17) is 0 Å². The fraction of sp³-hybridized carbons (Fsp3) is 0.545. The first-order valence-electron chi connectivity index (χ1n) is 9.25.